The molecule has 0 aliphatic heterocycles. The first-order valence-electron chi connectivity index (χ1n) is 4.59. The summed E-state index contributed by atoms with van der Waals surface area (Å²) in [6.07, 6.45) is 3.49. The Morgan fingerprint density at radius 3 is 2.67 bits per heavy atom. The normalized spacial score (nSPS) is 10.1. The molecule has 0 aliphatic carbocycles. The van der Waals surface area contributed by atoms with Gasteiger partial charge in [0.25, 0.3) is 0 Å². The van der Waals surface area contributed by atoms with Gasteiger partial charge < -0.3 is 5.73 Å². The molecule has 4 heteroatoms. The molecule has 0 radical (unpaired) electrons. The van der Waals surface area contributed by atoms with Gasteiger partial charge in [0.15, 0.2) is 5.16 Å². The Labute approximate surface area is 92.8 Å². The molecule has 0 bridgehead atoms. The van der Waals surface area contributed by atoms with Crippen LogP contribution in [0.4, 0.5) is 5.69 Å². The van der Waals surface area contributed by atoms with Crippen molar-refractivity contribution < 1.29 is 0 Å². The van der Waals surface area contributed by atoms with E-state index in [2.05, 4.69) is 9.97 Å². The number of nitrogens with two attached hydrogens (primary N) is 1. The summed E-state index contributed by atoms with van der Waals surface area (Å²) in [5, 5.41) is 0.792. The molecule has 0 saturated heterocycles. The molecular formula is C11H11N3S. The highest BCUT2D eigenvalue weighted by molar-refractivity contribution is 7.98. The Morgan fingerprint density at radius 1 is 1.13 bits per heavy atom. The van der Waals surface area contributed by atoms with Crippen molar-refractivity contribution in [2.45, 2.75) is 10.9 Å². The van der Waals surface area contributed by atoms with E-state index in [1.165, 1.54) is 5.56 Å². The monoisotopic (exact) mass is 217 g/mol. The minimum absolute atomic E-state index is 0.792. The zero-order valence-corrected chi connectivity index (χ0v) is 8.95. The first-order chi connectivity index (χ1) is 7.34. The Hall–Kier alpha value is -1.55. The van der Waals surface area contributed by atoms with E-state index in [9.17, 15) is 0 Å². The molecule has 1 heterocycles. The number of hydrogen-bond donors (Lipinski definition) is 1. The van der Waals surface area contributed by atoms with Gasteiger partial charge in [-0.25, -0.2) is 9.97 Å². The Bertz CT molecular complexity index is 431. The number of hydrogen-bond acceptors (Lipinski definition) is 4. The van der Waals surface area contributed by atoms with Gasteiger partial charge in [-0.1, -0.05) is 23.9 Å². The zero-order valence-electron chi connectivity index (χ0n) is 8.13. The molecule has 0 unspecified atom stereocenters. The van der Waals surface area contributed by atoms with E-state index in [0.717, 1.165) is 16.6 Å². The van der Waals surface area contributed by atoms with Gasteiger partial charge in [-0.2, -0.15) is 0 Å². The number of anilines is 1. The van der Waals surface area contributed by atoms with Crippen LogP contribution < -0.4 is 5.73 Å². The predicted octanol–water partition coefficient (Wildman–Crippen LogP) is 2.35. The van der Waals surface area contributed by atoms with Crippen molar-refractivity contribution in [2.75, 3.05) is 5.73 Å². The summed E-state index contributed by atoms with van der Waals surface area (Å²) in [4.78, 5) is 8.27. The van der Waals surface area contributed by atoms with E-state index in [0.29, 0.717) is 0 Å². The van der Waals surface area contributed by atoms with E-state index < -0.39 is 0 Å². The molecule has 76 valence electrons. The molecule has 15 heavy (non-hydrogen) atoms. The molecule has 0 fully saturated rings. The van der Waals surface area contributed by atoms with Crippen LogP contribution in [0.25, 0.3) is 0 Å². The molecule has 0 spiro atoms. The quantitative estimate of drug-likeness (QED) is 0.487. The van der Waals surface area contributed by atoms with Crippen LogP contribution >= 0.6 is 11.8 Å². The highest BCUT2D eigenvalue weighted by Crippen LogP contribution is 2.19. The third kappa shape index (κ3) is 2.95. The van der Waals surface area contributed by atoms with Crippen molar-refractivity contribution >= 4 is 17.4 Å². The standard InChI is InChI=1S/C11H11N3S/c12-10-4-1-3-9(7-10)8-15-11-13-5-2-6-14-11/h1-7H,8,12H2. The summed E-state index contributed by atoms with van der Waals surface area (Å²) in [6, 6.07) is 9.66. The lowest BCUT2D eigenvalue weighted by Gasteiger charge is -2.01. The molecule has 2 rings (SSSR count). The SMILES string of the molecule is Nc1cccc(CSc2ncccn2)c1. The zero-order chi connectivity index (χ0) is 10.5. The van der Waals surface area contributed by atoms with E-state index >= 15 is 0 Å². The molecule has 3 nitrogen and oxygen atoms in total. The summed E-state index contributed by atoms with van der Waals surface area (Å²) in [7, 11) is 0. The fraction of sp³-hybridized carbons (Fsp3) is 0.0909. The van der Waals surface area contributed by atoms with Crippen LogP contribution in [0.2, 0.25) is 0 Å². The molecular weight excluding hydrogens is 206 g/mol. The minimum Gasteiger partial charge on any atom is -0.399 e. The number of thioether (sulfide) groups is 1. The third-order valence-electron chi connectivity index (χ3n) is 1.86. The van der Waals surface area contributed by atoms with Crippen molar-refractivity contribution in [1.82, 2.24) is 9.97 Å². The summed E-state index contributed by atoms with van der Waals surface area (Å²) >= 11 is 1.60. The molecule has 2 N–H and O–H groups in total. The summed E-state index contributed by atoms with van der Waals surface area (Å²) in [5.41, 5.74) is 7.67. The van der Waals surface area contributed by atoms with Crippen molar-refractivity contribution in [3.63, 3.8) is 0 Å². The summed E-state index contributed by atoms with van der Waals surface area (Å²) in [6.45, 7) is 0. The maximum Gasteiger partial charge on any atom is 0.187 e. The lowest BCUT2D eigenvalue weighted by molar-refractivity contribution is 0.966. The fourth-order valence-corrected chi connectivity index (χ4v) is 1.94. The maximum absolute atomic E-state index is 5.69. The van der Waals surface area contributed by atoms with Crippen LogP contribution in [0.1, 0.15) is 5.56 Å². The van der Waals surface area contributed by atoms with Gasteiger partial charge >= 0.3 is 0 Å². The van der Waals surface area contributed by atoms with Gasteiger partial charge in [-0.15, -0.1) is 0 Å². The van der Waals surface area contributed by atoms with Crippen LogP contribution in [0.15, 0.2) is 47.9 Å². The number of nitrogens with zero attached hydrogens (tertiary/aromatic N) is 2. The lowest BCUT2D eigenvalue weighted by atomic mass is 10.2. The summed E-state index contributed by atoms with van der Waals surface area (Å²) in [5.74, 6) is 0.842. The summed E-state index contributed by atoms with van der Waals surface area (Å²) < 4.78 is 0. The molecule has 1 aromatic heterocycles. The second kappa shape index (κ2) is 4.79. The van der Waals surface area contributed by atoms with Crippen molar-refractivity contribution in [2.24, 2.45) is 0 Å². The molecule has 0 atom stereocenters. The maximum atomic E-state index is 5.69. The second-order valence-corrected chi connectivity index (χ2v) is 4.01. The molecule has 0 amide bonds. The fourth-order valence-electron chi connectivity index (χ4n) is 1.19. The van der Waals surface area contributed by atoms with Gasteiger partial charge in [0, 0.05) is 23.8 Å². The van der Waals surface area contributed by atoms with Crippen LogP contribution in [0.3, 0.4) is 0 Å². The van der Waals surface area contributed by atoms with Crippen LogP contribution in [-0.4, -0.2) is 9.97 Å². The molecule has 1 aromatic carbocycles. The van der Waals surface area contributed by atoms with Gasteiger partial charge in [0.05, 0.1) is 0 Å². The van der Waals surface area contributed by atoms with Crippen molar-refractivity contribution in [3.05, 3.63) is 48.3 Å². The first kappa shape index (κ1) is 9.98. The van der Waals surface area contributed by atoms with Crippen LogP contribution in [-0.2, 0) is 5.75 Å². The topological polar surface area (TPSA) is 51.8 Å². The smallest absolute Gasteiger partial charge is 0.187 e. The van der Waals surface area contributed by atoms with E-state index in [1.54, 1.807) is 24.2 Å². The van der Waals surface area contributed by atoms with Gasteiger partial charge in [0.1, 0.15) is 0 Å². The average molecular weight is 217 g/mol. The largest absolute Gasteiger partial charge is 0.399 e. The number of rotatable bonds is 3. The average Bonchev–Trinajstić information content (AvgIpc) is 2.28. The lowest BCUT2D eigenvalue weighted by Crippen LogP contribution is -1.88. The van der Waals surface area contributed by atoms with Crippen LogP contribution in [0.5, 0.6) is 0 Å². The third-order valence-corrected chi connectivity index (χ3v) is 2.81. The van der Waals surface area contributed by atoms with E-state index in [-0.39, 0.29) is 0 Å². The molecule has 2 aromatic rings. The van der Waals surface area contributed by atoms with Crippen LogP contribution in [0, 0.1) is 0 Å². The second-order valence-electron chi connectivity index (χ2n) is 3.07. The molecule has 0 saturated carbocycles. The number of benzene rings is 1. The Morgan fingerprint density at radius 2 is 1.93 bits per heavy atom. The minimum atomic E-state index is 0.792. The molecule has 0 aliphatic rings. The predicted molar refractivity (Wildman–Crippen MR) is 62.4 cm³/mol. The van der Waals surface area contributed by atoms with Crippen molar-refractivity contribution in [1.29, 1.82) is 0 Å². The van der Waals surface area contributed by atoms with Gasteiger partial charge in [-0.05, 0) is 23.8 Å². The van der Waals surface area contributed by atoms with E-state index in [1.807, 2.05) is 30.3 Å². The highest BCUT2D eigenvalue weighted by atomic mass is 32.2. The highest BCUT2D eigenvalue weighted by Gasteiger charge is 1.97. The Kier molecular flexibility index (Phi) is 3.19. The number of aromatic nitrogens is 2. The van der Waals surface area contributed by atoms with Crippen molar-refractivity contribution in [3.8, 4) is 0 Å². The first-order valence-corrected chi connectivity index (χ1v) is 5.57. The van der Waals surface area contributed by atoms with Gasteiger partial charge in [0.2, 0.25) is 0 Å². The van der Waals surface area contributed by atoms with E-state index in [4.69, 9.17) is 5.73 Å². The Balaban J connectivity index is 1.99. The van der Waals surface area contributed by atoms with Gasteiger partial charge in [-0.3, -0.25) is 0 Å². The number of nitrogen functional groups attached to an aromatic ring is 1.